The zero-order valence-electron chi connectivity index (χ0n) is 8.76. The van der Waals surface area contributed by atoms with E-state index in [1.54, 1.807) is 18.2 Å². The van der Waals surface area contributed by atoms with Crippen molar-refractivity contribution in [3.8, 4) is 0 Å². The normalized spacial score (nSPS) is 10.4. The van der Waals surface area contributed by atoms with Crippen molar-refractivity contribution in [1.82, 2.24) is 10.2 Å². The number of aromatic nitrogens is 2. The summed E-state index contributed by atoms with van der Waals surface area (Å²) in [6, 6.07) is 6.23. The summed E-state index contributed by atoms with van der Waals surface area (Å²) in [5.41, 5.74) is 0.429. The van der Waals surface area contributed by atoms with Crippen LogP contribution in [0.15, 0.2) is 28.7 Å². The van der Waals surface area contributed by atoms with Crippen LogP contribution in [0.4, 0.5) is 4.39 Å². The third-order valence-corrected chi connectivity index (χ3v) is 2.11. The van der Waals surface area contributed by atoms with Gasteiger partial charge in [-0.05, 0) is 11.6 Å². The summed E-state index contributed by atoms with van der Waals surface area (Å²) < 4.78 is 18.4. The maximum absolute atomic E-state index is 13.3. The van der Waals surface area contributed by atoms with Crippen LogP contribution in [0, 0.1) is 5.82 Å². The number of hydrogen-bond donors (Lipinski definition) is 1. The molecular formula is C11H9FN2O3. The molecule has 17 heavy (non-hydrogen) atoms. The maximum Gasteiger partial charge on any atom is 0.312 e. The molecule has 0 spiro atoms. The van der Waals surface area contributed by atoms with Gasteiger partial charge in [0.05, 0.1) is 6.42 Å². The highest BCUT2D eigenvalue weighted by Crippen LogP contribution is 2.12. The van der Waals surface area contributed by atoms with E-state index < -0.39 is 5.97 Å². The Labute approximate surface area is 95.9 Å². The van der Waals surface area contributed by atoms with Crippen LogP contribution in [0.25, 0.3) is 0 Å². The third kappa shape index (κ3) is 2.87. The molecule has 1 N–H and O–H groups in total. The lowest BCUT2D eigenvalue weighted by molar-refractivity contribution is -0.136. The molecule has 0 saturated carbocycles. The van der Waals surface area contributed by atoms with Gasteiger partial charge in [0, 0.05) is 0 Å². The third-order valence-electron chi connectivity index (χ3n) is 2.11. The summed E-state index contributed by atoms with van der Waals surface area (Å²) in [5, 5.41) is 15.7. The second kappa shape index (κ2) is 4.73. The predicted molar refractivity (Wildman–Crippen MR) is 54.8 cm³/mol. The van der Waals surface area contributed by atoms with Gasteiger partial charge in [-0.25, -0.2) is 4.39 Å². The Morgan fingerprint density at radius 3 is 2.71 bits per heavy atom. The highest BCUT2D eigenvalue weighted by Gasteiger charge is 2.11. The molecule has 88 valence electrons. The van der Waals surface area contributed by atoms with Crippen LogP contribution in [0.1, 0.15) is 17.3 Å². The van der Waals surface area contributed by atoms with Gasteiger partial charge in [0.1, 0.15) is 12.2 Å². The monoisotopic (exact) mass is 236 g/mol. The molecule has 1 heterocycles. The number of carbonyl (C=O) groups is 1. The molecule has 0 amide bonds. The fourth-order valence-corrected chi connectivity index (χ4v) is 1.37. The average molecular weight is 236 g/mol. The molecule has 0 radical (unpaired) electrons. The molecule has 1 aromatic carbocycles. The standard InChI is InChI=1S/C11H9FN2O3/c12-8-4-2-1-3-7(8)5-9-13-14-10(17-9)6-11(15)16/h1-4H,5-6H2,(H,15,16). The first-order valence-corrected chi connectivity index (χ1v) is 4.91. The number of carboxylic acid groups (broad SMARTS) is 1. The van der Waals surface area contributed by atoms with E-state index in [1.807, 2.05) is 0 Å². The Balaban J connectivity index is 2.12. The molecule has 0 aliphatic carbocycles. The van der Waals surface area contributed by atoms with Gasteiger partial charge >= 0.3 is 5.97 Å². The summed E-state index contributed by atoms with van der Waals surface area (Å²) in [7, 11) is 0. The first kappa shape index (κ1) is 11.3. The van der Waals surface area contributed by atoms with E-state index >= 15 is 0 Å². The van der Waals surface area contributed by atoms with E-state index in [1.165, 1.54) is 6.07 Å². The Morgan fingerprint density at radius 1 is 1.29 bits per heavy atom. The minimum Gasteiger partial charge on any atom is -0.481 e. The number of nitrogens with zero attached hydrogens (tertiary/aromatic N) is 2. The van der Waals surface area contributed by atoms with E-state index in [2.05, 4.69) is 10.2 Å². The fraction of sp³-hybridized carbons (Fsp3) is 0.182. The van der Waals surface area contributed by atoms with Gasteiger partial charge in [-0.3, -0.25) is 4.79 Å². The van der Waals surface area contributed by atoms with Crippen LogP contribution in [-0.2, 0) is 17.6 Å². The van der Waals surface area contributed by atoms with Crippen LogP contribution in [0.2, 0.25) is 0 Å². The number of rotatable bonds is 4. The smallest absolute Gasteiger partial charge is 0.312 e. The molecule has 0 saturated heterocycles. The Hall–Kier alpha value is -2.24. The summed E-state index contributed by atoms with van der Waals surface area (Å²) in [4.78, 5) is 10.4. The topological polar surface area (TPSA) is 76.2 Å². The molecule has 0 aliphatic heterocycles. The van der Waals surface area contributed by atoms with E-state index in [0.29, 0.717) is 5.56 Å². The van der Waals surface area contributed by atoms with E-state index in [9.17, 15) is 9.18 Å². The van der Waals surface area contributed by atoms with Crippen LogP contribution < -0.4 is 0 Å². The molecule has 0 aliphatic rings. The summed E-state index contributed by atoms with van der Waals surface area (Å²) in [6.07, 6.45) is -0.177. The van der Waals surface area contributed by atoms with Crippen molar-refractivity contribution in [2.45, 2.75) is 12.8 Å². The van der Waals surface area contributed by atoms with Gasteiger partial charge in [-0.15, -0.1) is 10.2 Å². The van der Waals surface area contributed by atoms with Gasteiger partial charge in [0.15, 0.2) is 0 Å². The zero-order valence-corrected chi connectivity index (χ0v) is 8.76. The summed E-state index contributed by atoms with van der Waals surface area (Å²) in [6.45, 7) is 0. The summed E-state index contributed by atoms with van der Waals surface area (Å²) >= 11 is 0. The van der Waals surface area contributed by atoms with Gasteiger partial charge in [0.2, 0.25) is 11.8 Å². The lowest BCUT2D eigenvalue weighted by atomic mass is 10.1. The number of aliphatic carboxylic acids is 1. The van der Waals surface area contributed by atoms with Gasteiger partial charge < -0.3 is 9.52 Å². The zero-order chi connectivity index (χ0) is 12.3. The van der Waals surface area contributed by atoms with Crippen molar-refractivity contribution < 1.29 is 18.7 Å². The van der Waals surface area contributed by atoms with Crippen molar-refractivity contribution in [2.75, 3.05) is 0 Å². The second-order valence-corrected chi connectivity index (χ2v) is 3.43. The lowest BCUT2D eigenvalue weighted by Gasteiger charge is -1.97. The largest absolute Gasteiger partial charge is 0.481 e. The quantitative estimate of drug-likeness (QED) is 0.868. The fourth-order valence-electron chi connectivity index (χ4n) is 1.37. The molecule has 2 rings (SSSR count). The highest BCUT2D eigenvalue weighted by atomic mass is 19.1. The molecule has 0 bridgehead atoms. The van der Waals surface area contributed by atoms with Gasteiger partial charge in [0.25, 0.3) is 0 Å². The Morgan fingerprint density at radius 2 is 2.00 bits per heavy atom. The first-order chi connectivity index (χ1) is 8.15. The van der Waals surface area contributed by atoms with Crippen molar-refractivity contribution in [1.29, 1.82) is 0 Å². The summed E-state index contributed by atoms with van der Waals surface area (Å²) in [5.74, 6) is -1.19. The van der Waals surface area contributed by atoms with Crippen molar-refractivity contribution >= 4 is 5.97 Å². The van der Waals surface area contributed by atoms with Crippen molar-refractivity contribution in [3.05, 3.63) is 47.4 Å². The maximum atomic E-state index is 13.3. The SMILES string of the molecule is O=C(O)Cc1nnc(Cc2ccccc2F)o1. The molecule has 5 nitrogen and oxygen atoms in total. The molecule has 6 heteroatoms. The second-order valence-electron chi connectivity index (χ2n) is 3.43. The van der Waals surface area contributed by atoms with Crippen LogP contribution in [0.3, 0.4) is 0 Å². The number of halogens is 1. The molecule has 0 atom stereocenters. The lowest BCUT2D eigenvalue weighted by Crippen LogP contribution is -1.99. The molecule has 0 fully saturated rings. The van der Waals surface area contributed by atoms with E-state index in [0.717, 1.165) is 0 Å². The van der Waals surface area contributed by atoms with Crippen molar-refractivity contribution in [2.24, 2.45) is 0 Å². The van der Waals surface area contributed by atoms with E-state index in [4.69, 9.17) is 9.52 Å². The van der Waals surface area contributed by atoms with Crippen LogP contribution in [0.5, 0.6) is 0 Å². The van der Waals surface area contributed by atoms with E-state index in [-0.39, 0.29) is 30.4 Å². The van der Waals surface area contributed by atoms with Crippen LogP contribution in [-0.4, -0.2) is 21.3 Å². The highest BCUT2D eigenvalue weighted by molar-refractivity contribution is 5.68. The first-order valence-electron chi connectivity index (χ1n) is 4.91. The average Bonchev–Trinajstić information content (AvgIpc) is 2.68. The molecule has 0 unspecified atom stereocenters. The minimum absolute atomic E-state index is 0.0174. The molecule has 2 aromatic rings. The number of hydrogen-bond acceptors (Lipinski definition) is 4. The van der Waals surface area contributed by atoms with Gasteiger partial charge in [-0.2, -0.15) is 0 Å². The Kier molecular flexibility index (Phi) is 3.13. The number of benzene rings is 1. The van der Waals surface area contributed by atoms with Crippen LogP contribution >= 0.6 is 0 Å². The minimum atomic E-state index is -1.05. The predicted octanol–water partition coefficient (Wildman–Crippen LogP) is 1.43. The van der Waals surface area contributed by atoms with Gasteiger partial charge in [-0.1, -0.05) is 18.2 Å². The van der Waals surface area contributed by atoms with Crippen molar-refractivity contribution in [3.63, 3.8) is 0 Å². The molecule has 1 aromatic heterocycles. The molecular weight excluding hydrogens is 227 g/mol. The Bertz CT molecular complexity index is 539. The number of carboxylic acids is 1.